The van der Waals surface area contributed by atoms with E-state index in [1.807, 2.05) is 0 Å². The summed E-state index contributed by atoms with van der Waals surface area (Å²) in [4.78, 5) is 2.55. The largest absolute Gasteiger partial charge is 0.456 e. The van der Waals surface area contributed by atoms with Gasteiger partial charge in [0.2, 0.25) is 0 Å². The van der Waals surface area contributed by atoms with Crippen molar-refractivity contribution < 1.29 is 4.42 Å². The van der Waals surface area contributed by atoms with Gasteiger partial charge in [-0.15, -0.1) is 0 Å². The first-order valence-corrected chi connectivity index (χ1v) is 20.8. The lowest BCUT2D eigenvalue weighted by Crippen LogP contribution is -2.43. The van der Waals surface area contributed by atoms with Gasteiger partial charge in [0.25, 0.3) is 0 Å². The van der Waals surface area contributed by atoms with Gasteiger partial charge in [0.1, 0.15) is 16.8 Å². The molecule has 1 N–H and O–H groups in total. The molecular formula is C53H53N3O. The van der Waals surface area contributed by atoms with E-state index in [0.29, 0.717) is 0 Å². The van der Waals surface area contributed by atoms with Crippen LogP contribution >= 0.6 is 0 Å². The van der Waals surface area contributed by atoms with Crippen molar-refractivity contribution in [2.75, 3.05) is 10.2 Å². The molecule has 1 atom stereocenters. The molecule has 4 nitrogen and oxygen atoms in total. The van der Waals surface area contributed by atoms with Crippen molar-refractivity contribution in [3.63, 3.8) is 0 Å². The molecule has 2 aliphatic rings. The molecule has 2 heterocycles. The van der Waals surface area contributed by atoms with E-state index in [1.165, 1.54) is 39.1 Å². The number of hydrogen-bond donors (Lipinski definition) is 1. The van der Waals surface area contributed by atoms with E-state index in [4.69, 9.17) is 4.42 Å². The molecule has 7 aromatic rings. The van der Waals surface area contributed by atoms with Crippen molar-refractivity contribution in [1.29, 1.82) is 5.26 Å². The van der Waals surface area contributed by atoms with Crippen LogP contribution in [0.15, 0.2) is 132 Å². The Morgan fingerprint density at radius 3 is 1.89 bits per heavy atom. The highest BCUT2D eigenvalue weighted by atomic mass is 16.3. The molecule has 1 aliphatic carbocycles. The molecule has 9 rings (SSSR count). The molecule has 0 radical (unpaired) electrons. The van der Waals surface area contributed by atoms with Gasteiger partial charge in [0, 0.05) is 16.3 Å². The summed E-state index contributed by atoms with van der Waals surface area (Å²) >= 11 is 0. The first-order valence-electron chi connectivity index (χ1n) is 20.8. The first-order chi connectivity index (χ1) is 27.4. The monoisotopic (exact) mass is 747 g/mol. The highest BCUT2D eigenvalue weighted by Gasteiger charge is 2.46. The second-order valence-corrected chi connectivity index (χ2v) is 18.2. The number of anilines is 3. The third-order valence-corrected chi connectivity index (χ3v) is 13.2. The highest BCUT2D eigenvalue weighted by molar-refractivity contribution is 6.07. The third-order valence-electron chi connectivity index (χ3n) is 13.2. The maximum absolute atomic E-state index is 10.6. The van der Waals surface area contributed by atoms with Gasteiger partial charge in [0.05, 0.1) is 28.5 Å². The van der Waals surface area contributed by atoms with Crippen molar-refractivity contribution in [2.24, 2.45) is 5.41 Å². The Morgan fingerprint density at radius 1 is 0.632 bits per heavy atom. The molecule has 0 saturated heterocycles. The Kier molecular flexibility index (Phi) is 8.85. The molecule has 1 aromatic heterocycles. The molecule has 1 unspecified atom stereocenters. The predicted molar refractivity (Wildman–Crippen MR) is 238 cm³/mol. The van der Waals surface area contributed by atoms with Gasteiger partial charge >= 0.3 is 0 Å². The van der Waals surface area contributed by atoms with Crippen LogP contribution in [0.1, 0.15) is 108 Å². The van der Waals surface area contributed by atoms with Crippen molar-refractivity contribution in [3.8, 4) is 28.3 Å². The Bertz CT molecular complexity index is 2640. The lowest BCUT2D eigenvalue weighted by molar-refractivity contribution is 0.193. The third kappa shape index (κ3) is 6.11. The van der Waals surface area contributed by atoms with Gasteiger partial charge < -0.3 is 14.6 Å². The van der Waals surface area contributed by atoms with Crippen LogP contribution in [-0.4, -0.2) is 0 Å². The van der Waals surface area contributed by atoms with Crippen LogP contribution in [0.2, 0.25) is 0 Å². The lowest BCUT2D eigenvalue weighted by atomic mass is 9.63. The van der Waals surface area contributed by atoms with E-state index in [1.54, 1.807) is 0 Å². The summed E-state index contributed by atoms with van der Waals surface area (Å²) in [5.41, 5.74) is 14.0. The molecule has 1 saturated carbocycles. The number of benzene rings is 6. The fourth-order valence-electron chi connectivity index (χ4n) is 9.63. The van der Waals surface area contributed by atoms with E-state index >= 15 is 0 Å². The van der Waals surface area contributed by atoms with E-state index in [0.717, 1.165) is 70.1 Å². The van der Waals surface area contributed by atoms with E-state index < -0.39 is 11.1 Å². The van der Waals surface area contributed by atoms with E-state index in [9.17, 15) is 5.26 Å². The summed E-state index contributed by atoms with van der Waals surface area (Å²) in [6.07, 6.45) is 3.83. The number of nitrogens with one attached hydrogen (secondary N) is 1. The minimum atomic E-state index is -0.686. The second kappa shape index (κ2) is 13.7. The number of hydrogen-bond acceptors (Lipinski definition) is 4. The van der Waals surface area contributed by atoms with E-state index in [-0.39, 0.29) is 17.3 Å². The van der Waals surface area contributed by atoms with Gasteiger partial charge in [-0.3, -0.25) is 0 Å². The van der Waals surface area contributed by atoms with Crippen molar-refractivity contribution in [3.05, 3.63) is 150 Å². The molecule has 286 valence electrons. The van der Waals surface area contributed by atoms with Crippen LogP contribution in [0.3, 0.4) is 0 Å². The Morgan fingerprint density at radius 2 is 1.25 bits per heavy atom. The van der Waals surface area contributed by atoms with Crippen LogP contribution in [0.25, 0.3) is 44.2 Å². The molecule has 1 aliphatic heterocycles. The summed E-state index contributed by atoms with van der Waals surface area (Å²) in [5.74, 6) is 0.521. The predicted octanol–water partition coefficient (Wildman–Crippen LogP) is 15.0. The van der Waals surface area contributed by atoms with Crippen LogP contribution in [0.5, 0.6) is 0 Å². The smallest absolute Gasteiger partial charge is 0.142 e. The normalized spacial score (nSPS) is 18.6. The summed E-state index contributed by atoms with van der Waals surface area (Å²) in [5, 5.41) is 16.8. The minimum Gasteiger partial charge on any atom is -0.456 e. The molecule has 0 spiro atoms. The number of nitrogens with zero attached hydrogens (tertiary/aromatic N) is 2. The zero-order valence-corrected chi connectivity index (χ0v) is 34.4. The van der Waals surface area contributed by atoms with Crippen LogP contribution in [0.4, 0.5) is 17.1 Å². The Labute approximate surface area is 338 Å². The average Bonchev–Trinajstić information content (AvgIpc) is 3.75. The molecule has 1 fully saturated rings. The van der Waals surface area contributed by atoms with Gasteiger partial charge in [-0.05, 0) is 119 Å². The summed E-state index contributed by atoms with van der Waals surface area (Å²) in [6, 6.07) is 49.0. The van der Waals surface area contributed by atoms with Crippen molar-refractivity contribution in [1.82, 2.24) is 0 Å². The fraction of sp³-hybridized carbons (Fsp3) is 0.302. The van der Waals surface area contributed by atoms with Gasteiger partial charge in [-0.2, -0.15) is 5.26 Å². The fourth-order valence-corrected chi connectivity index (χ4v) is 9.63. The number of para-hydroxylation sites is 3. The van der Waals surface area contributed by atoms with Crippen LogP contribution < -0.4 is 10.2 Å². The summed E-state index contributed by atoms with van der Waals surface area (Å²) < 4.78 is 7.00. The number of furan rings is 1. The van der Waals surface area contributed by atoms with Gasteiger partial charge in [-0.1, -0.05) is 139 Å². The quantitative estimate of drug-likeness (QED) is 0.176. The Hall–Kier alpha value is -5.79. The average molecular weight is 748 g/mol. The van der Waals surface area contributed by atoms with E-state index in [2.05, 4.69) is 192 Å². The molecule has 0 amide bonds. The minimum absolute atomic E-state index is 0.260. The zero-order chi connectivity index (χ0) is 39.7. The SMILES string of the molecule is CC(C)c1cc(-c2ccc(-c3ccccc3)cc2)cc(C(C)C)c1N1c2ccccc2NC1(C)c1cccc2c1oc1cc(C3(C#N)CCC(C)(C)CC3)ccc12. The number of rotatable bonds is 7. The maximum Gasteiger partial charge on any atom is 0.142 e. The van der Waals surface area contributed by atoms with Gasteiger partial charge in [-0.25, -0.2) is 0 Å². The lowest BCUT2D eigenvalue weighted by Gasteiger charge is -2.41. The topological polar surface area (TPSA) is 52.2 Å². The van der Waals surface area contributed by atoms with Crippen LogP contribution in [0, 0.1) is 16.7 Å². The molecule has 4 heteroatoms. The standard InChI is InChI=1S/C53H53N3O/c1-34(2)43-30-39(38-22-20-37(21-23-38)36-14-9-8-10-15-36)31-44(35(3)4)49(43)56-47-19-12-11-18-46(47)55-52(56,7)45-17-13-16-42-41-25-24-40(32-48(41)57-50(42)45)53(33-54)28-26-51(5,6)27-29-53/h8-25,30-32,34-35,55H,26-29H2,1-7H3. The molecule has 0 bridgehead atoms. The van der Waals surface area contributed by atoms with Crippen molar-refractivity contribution >= 4 is 39.0 Å². The Balaban J connectivity index is 1.20. The maximum atomic E-state index is 10.6. The summed E-state index contributed by atoms with van der Waals surface area (Å²) in [7, 11) is 0. The molecule has 57 heavy (non-hydrogen) atoms. The van der Waals surface area contributed by atoms with Gasteiger partial charge in [0.15, 0.2) is 0 Å². The highest BCUT2D eigenvalue weighted by Crippen LogP contribution is 2.55. The second-order valence-electron chi connectivity index (χ2n) is 18.2. The summed E-state index contributed by atoms with van der Waals surface area (Å²) in [6.45, 7) is 16.2. The van der Waals surface area contributed by atoms with Crippen molar-refractivity contribution in [2.45, 2.75) is 97.1 Å². The molecular weight excluding hydrogens is 695 g/mol. The zero-order valence-electron chi connectivity index (χ0n) is 34.4. The number of fused-ring (bicyclic) bond motifs is 4. The first kappa shape index (κ1) is 36.8. The van der Waals surface area contributed by atoms with Crippen LogP contribution in [-0.2, 0) is 11.1 Å². The molecule has 6 aromatic carbocycles. The number of nitriles is 1.